The van der Waals surface area contributed by atoms with E-state index in [9.17, 15) is 0 Å². The van der Waals surface area contributed by atoms with E-state index in [4.69, 9.17) is 0 Å². The molecule has 0 fully saturated rings. The van der Waals surface area contributed by atoms with Crippen molar-refractivity contribution in [3.05, 3.63) is 42.0 Å². The molecular formula is C11H18. The zero-order valence-electron chi connectivity index (χ0n) is 7.59. The van der Waals surface area contributed by atoms with Gasteiger partial charge in [-0.25, -0.2) is 0 Å². The Bertz CT molecular complexity index is 216. The SMILES string of the molecule is C=Cc1cccc(C)c1.CC.[HH]. The number of hydrogen-bond acceptors (Lipinski definition) is 0. The molecule has 0 aromatic heterocycles. The zero-order chi connectivity index (χ0) is 8.69. The van der Waals surface area contributed by atoms with Crippen LogP contribution in [0.15, 0.2) is 30.8 Å². The minimum absolute atomic E-state index is 0. The van der Waals surface area contributed by atoms with Gasteiger partial charge in [0.2, 0.25) is 0 Å². The van der Waals surface area contributed by atoms with Crippen LogP contribution in [0.5, 0.6) is 0 Å². The van der Waals surface area contributed by atoms with Gasteiger partial charge in [0.25, 0.3) is 0 Å². The smallest absolute Gasteiger partial charge is 0 e. The van der Waals surface area contributed by atoms with E-state index in [1.807, 2.05) is 32.1 Å². The second-order valence-electron chi connectivity index (χ2n) is 2.12. The predicted octanol–water partition coefficient (Wildman–Crippen LogP) is 3.91. The molecule has 0 bridgehead atoms. The first kappa shape index (κ1) is 9.96. The summed E-state index contributed by atoms with van der Waals surface area (Å²) < 4.78 is 0. The standard InChI is InChI=1S/C9H10.C2H6.H2/c1-3-9-6-4-5-8(2)7-9;1-2;/h3-7H,1H2,2H3;1-2H3;1H. The van der Waals surface area contributed by atoms with Crippen LogP contribution in [-0.4, -0.2) is 0 Å². The van der Waals surface area contributed by atoms with Gasteiger partial charge in [0.1, 0.15) is 0 Å². The van der Waals surface area contributed by atoms with Crippen LogP contribution in [0.1, 0.15) is 26.4 Å². The lowest BCUT2D eigenvalue weighted by molar-refractivity contribution is 1.46. The topological polar surface area (TPSA) is 0 Å². The molecule has 1 rings (SSSR count). The summed E-state index contributed by atoms with van der Waals surface area (Å²) in [6.45, 7) is 9.75. The van der Waals surface area contributed by atoms with Crippen LogP contribution in [-0.2, 0) is 0 Å². The van der Waals surface area contributed by atoms with Crippen LogP contribution in [0, 0.1) is 6.92 Å². The number of rotatable bonds is 1. The molecule has 0 unspecified atom stereocenters. The summed E-state index contributed by atoms with van der Waals surface area (Å²) in [5.74, 6) is 0. The average Bonchev–Trinajstić information content (AvgIpc) is 2.08. The molecule has 0 saturated heterocycles. The average molecular weight is 150 g/mol. The Morgan fingerprint density at radius 1 is 1.36 bits per heavy atom. The van der Waals surface area contributed by atoms with Crippen molar-refractivity contribution in [1.29, 1.82) is 0 Å². The highest BCUT2D eigenvalue weighted by atomic mass is 13.9. The van der Waals surface area contributed by atoms with Gasteiger partial charge in [-0.2, -0.15) is 0 Å². The summed E-state index contributed by atoms with van der Waals surface area (Å²) in [7, 11) is 0. The minimum atomic E-state index is 0. The van der Waals surface area contributed by atoms with Crippen LogP contribution in [0.4, 0.5) is 0 Å². The fraction of sp³-hybridized carbons (Fsp3) is 0.273. The lowest BCUT2D eigenvalue weighted by Crippen LogP contribution is -1.72. The molecule has 0 aliphatic rings. The number of aryl methyl sites for hydroxylation is 1. The summed E-state index contributed by atoms with van der Waals surface area (Å²) in [6, 6.07) is 8.26. The number of benzene rings is 1. The molecule has 0 N–H and O–H groups in total. The normalized spacial score (nSPS) is 7.91. The quantitative estimate of drug-likeness (QED) is 0.569. The lowest BCUT2D eigenvalue weighted by Gasteiger charge is -1.92. The minimum Gasteiger partial charge on any atom is -0.0985 e. The second-order valence-corrected chi connectivity index (χ2v) is 2.12. The Morgan fingerprint density at radius 2 is 2.00 bits per heavy atom. The van der Waals surface area contributed by atoms with Crippen molar-refractivity contribution in [2.75, 3.05) is 0 Å². The van der Waals surface area contributed by atoms with E-state index in [0.717, 1.165) is 0 Å². The third-order valence-electron chi connectivity index (χ3n) is 1.28. The second kappa shape index (κ2) is 5.72. The molecule has 0 spiro atoms. The molecule has 1 aromatic carbocycles. The van der Waals surface area contributed by atoms with Crippen LogP contribution >= 0.6 is 0 Å². The maximum absolute atomic E-state index is 3.67. The summed E-state index contributed by atoms with van der Waals surface area (Å²) in [6.07, 6.45) is 1.85. The van der Waals surface area contributed by atoms with Crippen molar-refractivity contribution < 1.29 is 1.43 Å². The van der Waals surface area contributed by atoms with Crippen molar-refractivity contribution >= 4 is 6.08 Å². The summed E-state index contributed by atoms with van der Waals surface area (Å²) in [5, 5.41) is 0. The Labute approximate surface area is 71.1 Å². The van der Waals surface area contributed by atoms with Gasteiger partial charge in [-0.1, -0.05) is 56.3 Å². The summed E-state index contributed by atoms with van der Waals surface area (Å²) in [5.41, 5.74) is 2.47. The van der Waals surface area contributed by atoms with E-state index in [1.54, 1.807) is 0 Å². The molecule has 0 aliphatic carbocycles. The maximum Gasteiger partial charge on any atom is 0 e. The fourth-order valence-electron chi connectivity index (χ4n) is 0.797. The van der Waals surface area contributed by atoms with Crippen molar-refractivity contribution in [3.63, 3.8) is 0 Å². The third kappa shape index (κ3) is 3.61. The molecule has 1 aromatic rings. The third-order valence-corrected chi connectivity index (χ3v) is 1.28. The van der Waals surface area contributed by atoms with Gasteiger partial charge in [0, 0.05) is 1.43 Å². The summed E-state index contributed by atoms with van der Waals surface area (Å²) in [4.78, 5) is 0. The van der Waals surface area contributed by atoms with Crippen LogP contribution in [0.3, 0.4) is 0 Å². The molecule has 0 nitrogen and oxygen atoms in total. The van der Waals surface area contributed by atoms with Gasteiger partial charge in [-0.3, -0.25) is 0 Å². The monoisotopic (exact) mass is 150 g/mol. The fourth-order valence-corrected chi connectivity index (χ4v) is 0.797. The van der Waals surface area contributed by atoms with Gasteiger partial charge >= 0.3 is 0 Å². The van der Waals surface area contributed by atoms with Crippen LogP contribution in [0.2, 0.25) is 0 Å². The number of hydrogen-bond donors (Lipinski definition) is 0. The maximum atomic E-state index is 3.67. The highest BCUT2D eigenvalue weighted by Gasteiger charge is 1.83. The molecule has 0 saturated carbocycles. The largest absolute Gasteiger partial charge is 0.0985 e. The molecule has 0 heterocycles. The Kier molecular flexibility index (Phi) is 5.18. The molecule has 11 heavy (non-hydrogen) atoms. The zero-order valence-corrected chi connectivity index (χ0v) is 7.59. The Hall–Kier alpha value is -1.04. The van der Waals surface area contributed by atoms with Crippen LogP contribution in [0.25, 0.3) is 6.08 Å². The van der Waals surface area contributed by atoms with Gasteiger partial charge < -0.3 is 0 Å². The van der Waals surface area contributed by atoms with Crippen molar-refractivity contribution in [3.8, 4) is 0 Å². The van der Waals surface area contributed by atoms with Crippen molar-refractivity contribution in [1.82, 2.24) is 0 Å². The van der Waals surface area contributed by atoms with E-state index in [-0.39, 0.29) is 1.43 Å². The van der Waals surface area contributed by atoms with Gasteiger partial charge in [0.05, 0.1) is 0 Å². The van der Waals surface area contributed by atoms with Crippen molar-refractivity contribution in [2.45, 2.75) is 20.8 Å². The molecule has 0 aliphatic heterocycles. The van der Waals surface area contributed by atoms with Gasteiger partial charge in [0.15, 0.2) is 0 Å². The van der Waals surface area contributed by atoms with Gasteiger partial charge in [-0.05, 0) is 12.5 Å². The predicted molar refractivity (Wildman–Crippen MR) is 54.7 cm³/mol. The Balaban J connectivity index is 0. The van der Waals surface area contributed by atoms with Gasteiger partial charge in [-0.15, -0.1) is 0 Å². The highest BCUT2D eigenvalue weighted by Crippen LogP contribution is 2.03. The Morgan fingerprint density at radius 3 is 2.36 bits per heavy atom. The first-order chi connectivity index (χ1) is 5.33. The van der Waals surface area contributed by atoms with E-state index >= 15 is 0 Å². The molecule has 0 radical (unpaired) electrons. The highest BCUT2D eigenvalue weighted by molar-refractivity contribution is 5.47. The molecule has 0 amide bonds. The van der Waals surface area contributed by atoms with Crippen molar-refractivity contribution in [2.24, 2.45) is 0 Å². The molecular weight excluding hydrogens is 132 g/mol. The first-order valence-electron chi connectivity index (χ1n) is 4.02. The summed E-state index contributed by atoms with van der Waals surface area (Å²) >= 11 is 0. The van der Waals surface area contributed by atoms with E-state index < -0.39 is 0 Å². The molecule has 0 heteroatoms. The van der Waals surface area contributed by atoms with Crippen LogP contribution < -0.4 is 0 Å². The molecule has 62 valence electrons. The molecule has 0 atom stereocenters. The first-order valence-corrected chi connectivity index (χ1v) is 4.02. The van der Waals surface area contributed by atoms with E-state index in [2.05, 4.69) is 25.6 Å². The van der Waals surface area contributed by atoms with E-state index in [1.165, 1.54) is 11.1 Å². The lowest BCUT2D eigenvalue weighted by atomic mass is 10.1. The van der Waals surface area contributed by atoms with E-state index in [0.29, 0.717) is 0 Å².